The molecular weight excluding hydrogens is 242 g/mol. The summed E-state index contributed by atoms with van der Waals surface area (Å²) in [5.41, 5.74) is 0.525. The Kier molecular flexibility index (Phi) is 5.19. The first-order valence-corrected chi connectivity index (χ1v) is 6.03. The molecule has 2 N–H and O–H groups in total. The summed E-state index contributed by atoms with van der Waals surface area (Å²) in [6, 6.07) is 9.38. The maximum Gasteiger partial charge on any atom is 0.234 e. The highest BCUT2D eigenvalue weighted by molar-refractivity contribution is 5.78. The third-order valence-corrected chi connectivity index (χ3v) is 2.54. The normalized spacial score (nSPS) is 10.4. The highest BCUT2D eigenvalue weighted by Gasteiger charge is 2.19. The van der Waals surface area contributed by atoms with Gasteiger partial charge in [0.1, 0.15) is 12.2 Å². The summed E-state index contributed by atoms with van der Waals surface area (Å²) in [6.07, 6.45) is -0.119. The summed E-state index contributed by atoms with van der Waals surface area (Å²) in [4.78, 5) is 11.4. The van der Waals surface area contributed by atoms with Crippen LogP contribution < -0.4 is 15.4 Å². The van der Waals surface area contributed by atoms with Crippen molar-refractivity contribution in [2.45, 2.75) is 25.8 Å². The molecule has 102 valence electrons. The lowest BCUT2D eigenvalue weighted by Gasteiger charge is -2.26. The second kappa shape index (κ2) is 6.64. The minimum absolute atomic E-state index is 0.119. The van der Waals surface area contributed by atoms with Crippen molar-refractivity contribution in [3.05, 3.63) is 24.3 Å². The topological polar surface area (TPSA) is 74.2 Å². The molecule has 0 atom stereocenters. The van der Waals surface area contributed by atoms with Crippen LogP contribution in [0.25, 0.3) is 0 Å². The van der Waals surface area contributed by atoms with Crippen LogP contribution in [0.3, 0.4) is 0 Å². The van der Waals surface area contributed by atoms with Crippen molar-refractivity contribution in [3.8, 4) is 11.8 Å². The van der Waals surface area contributed by atoms with Gasteiger partial charge in [0.15, 0.2) is 0 Å². The molecule has 0 aliphatic carbocycles. The van der Waals surface area contributed by atoms with Crippen LogP contribution in [0.4, 0.5) is 5.69 Å². The van der Waals surface area contributed by atoms with Crippen LogP contribution >= 0.6 is 0 Å². The van der Waals surface area contributed by atoms with Crippen molar-refractivity contribution in [2.75, 3.05) is 19.0 Å². The Morgan fingerprint density at radius 3 is 2.53 bits per heavy atom. The number of ether oxygens (including phenoxy) is 1. The Hall–Kier alpha value is -2.22. The van der Waals surface area contributed by atoms with Crippen molar-refractivity contribution < 1.29 is 9.53 Å². The van der Waals surface area contributed by atoms with Crippen molar-refractivity contribution in [1.29, 1.82) is 5.26 Å². The lowest BCUT2D eigenvalue weighted by atomic mass is 10.1. The van der Waals surface area contributed by atoms with E-state index in [1.54, 1.807) is 7.11 Å². The number of nitrogens with zero attached hydrogens (tertiary/aromatic N) is 1. The van der Waals surface area contributed by atoms with Crippen LogP contribution in [0.5, 0.6) is 5.75 Å². The Balaban J connectivity index is 2.49. The average molecular weight is 261 g/mol. The lowest BCUT2D eigenvalue weighted by molar-refractivity contribution is -0.121. The fourth-order valence-electron chi connectivity index (χ4n) is 1.57. The van der Waals surface area contributed by atoms with Gasteiger partial charge in [-0.3, -0.25) is 4.79 Å². The van der Waals surface area contributed by atoms with Gasteiger partial charge >= 0.3 is 0 Å². The molecule has 1 rings (SSSR count). The first-order chi connectivity index (χ1) is 8.96. The molecule has 0 bridgehead atoms. The molecule has 0 fully saturated rings. The van der Waals surface area contributed by atoms with E-state index in [0.29, 0.717) is 6.54 Å². The van der Waals surface area contributed by atoms with E-state index in [9.17, 15) is 4.79 Å². The molecule has 1 amide bonds. The standard InChI is InChI=1S/C14H19N3O2/c1-14(2,17-13(18)8-9-15)10-16-11-4-6-12(19-3)7-5-11/h4-7,16H,8,10H2,1-3H3,(H,17,18). The van der Waals surface area contributed by atoms with Gasteiger partial charge in [-0.25, -0.2) is 0 Å². The number of amides is 1. The van der Waals surface area contributed by atoms with Gasteiger partial charge in [0, 0.05) is 12.2 Å². The van der Waals surface area contributed by atoms with Crippen LogP contribution in [0.1, 0.15) is 20.3 Å². The molecular formula is C14H19N3O2. The molecule has 0 radical (unpaired) electrons. The van der Waals surface area contributed by atoms with Gasteiger partial charge in [0.05, 0.1) is 18.7 Å². The number of methoxy groups -OCH3 is 1. The Bertz CT molecular complexity index is 461. The maximum atomic E-state index is 11.4. The number of nitriles is 1. The zero-order valence-electron chi connectivity index (χ0n) is 11.5. The highest BCUT2D eigenvalue weighted by atomic mass is 16.5. The summed E-state index contributed by atoms with van der Waals surface area (Å²) in [6.45, 7) is 4.37. The van der Waals surface area contributed by atoms with Gasteiger partial charge in [-0.15, -0.1) is 0 Å². The number of anilines is 1. The summed E-state index contributed by atoms with van der Waals surface area (Å²) in [5.74, 6) is 0.538. The van der Waals surface area contributed by atoms with Gasteiger partial charge in [0.2, 0.25) is 5.91 Å². The van der Waals surface area contributed by atoms with Gasteiger partial charge in [-0.2, -0.15) is 5.26 Å². The summed E-state index contributed by atoms with van der Waals surface area (Å²) >= 11 is 0. The van der Waals surface area contributed by atoms with Crippen LogP contribution in [-0.2, 0) is 4.79 Å². The van der Waals surface area contributed by atoms with E-state index in [4.69, 9.17) is 10.00 Å². The van der Waals surface area contributed by atoms with E-state index in [1.165, 1.54) is 0 Å². The predicted octanol–water partition coefficient (Wildman–Crippen LogP) is 1.92. The summed E-state index contributed by atoms with van der Waals surface area (Å²) in [5, 5.41) is 14.5. The van der Waals surface area contributed by atoms with Gasteiger partial charge in [-0.1, -0.05) is 0 Å². The van der Waals surface area contributed by atoms with E-state index < -0.39 is 5.54 Å². The van der Waals surface area contributed by atoms with Crippen molar-refractivity contribution in [2.24, 2.45) is 0 Å². The van der Waals surface area contributed by atoms with Gasteiger partial charge in [-0.05, 0) is 38.1 Å². The number of nitrogens with one attached hydrogen (secondary N) is 2. The summed E-state index contributed by atoms with van der Waals surface area (Å²) < 4.78 is 5.08. The predicted molar refractivity (Wildman–Crippen MR) is 73.9 cm³/mol. The molecule has 0 saturated heterocycles. The quantitative estimate of drug-likeness (QED) is 0.820. The van der Waals surface area contributed by atoms with Crippen LogP contribution in [0.2, 0.25) is 0 Å². The van der Waals surface area contributed by atoms with E-state index in [2.05, 4.69) is 10.6 Å². The van der Waals surface area contributed by atoms with Crippen molar-refractivity contribution in [3.63, 3.8) is 0 Å². The number of hydrogen-bond acceptors (Lipinski definition) is 4. The molecule has 0 heterocycles. The number of rotatable bonds is 6. The Morgan fingerprint density at radius 2 is 2.00 bits per heavy atom. The number of carbonyl (C=O) groups is 1. The van der Waals surface area contributed by atoms with Crippen LogP contribution in [0.15, 0.2) is 24.3 Å². The average Bonchev–Trinajstić information content (AvgIpc) is 2.37. The zero-order valence-corrected chi connectivity index (χ0v) is 11.5. The molecule has 5 nitrogen and oxygen atoms in total. The zero-order chi connectivity index (χ0) is 14.3. The highest BCUT2D eigenvalue weighted by Crippen LogP contribution is 2.15. The molecule has 0 aromatic heterocycles. The first kappa shape index (κ1) is 14.8. The molecule has 0 aliphatic heterocycles. The summed E-state index contributed by atoms with van der Waals surface area (Å²) in [7, 11) is 1.62. The smallest absolute Gasteiger partial charge is 0.234 e. The molecule has 0 spiro atoms. The third-order valence-electron chi connectivity index (χ3n) is 2.54. The molecule has 0 aliphatic rings. The molecule has 0 saturated carbocycles. The van der Waals surface area contributed by atoms with E-state index in [-0.39, 0.29) is 12.3 Å². The molecule has 5 heteroatoms. The van der Waals surface area contributed by atoms with E-state index in [0.717, 1.165) is 11.4 Å². The van der Waals surface area contributed by atoms with Gasteiger partial charge < -0.3 is 15.4 Å². The van der Waals surface area contributed by atoms with Crippen LogP contribution in [-0.4, -0.2) is 25.1 Å². The van der Waals surface area contributed by atoms with Gasteiger partial charge in [0.25, 0.3) is 0 Å². The lowest BCUT2D eigenvalue weighted by Crippen LogP contribution is -2.48. The SMILES string of the molecule is COc1ccc(NCC(C)(C)NC(=O)CC#N)cc1. The van der Waals surface area contributed by atoms with E-state index >= 15 is 0 Å². The second-order valence-electron chi connectivity index (χ2n) is 4.85. The van der Waals surface area contributed by atoms with Crippen LogP contribution in [0, 0.1) is 11.3 Å². The Labute approximate surface area is 113 Å². The minimum Gasteiger partial charge on any atom is -0.497 e. The number of benzene rings is 1. The molecule has 19 heavy (non-hydrogen) atoms. The monoisotopic (exact) mass is 261 g/mol. The first-order valence-electron chi connectivity index (χ1n) is 6.03. The number of hydrogen-bond donors (Lipinski definition) is 2. The molecule has 1 aromatic rings. The number of carbonyl (C=O) groups excluding carboxylic acids is 1. The third kappa shape index (κ3) is 5.30. The fourth-order valence-corrected chi connectivity index (χ4v) is 1.57. The van der Waals surface area contributed by atoms with Crippen molar-refractivity contribution in [1.82, 2.24) is 5.32 Å². The van der Waals surface area contributed by atoms with Crippen molar-refractivity contribution >= 4 is 11.6 Å². The Morgan fingerprint density at radius 1 is 1.37 bits per heavy atom. The molecule has 0 unspecified atom stereocenters. The van der Waals surface area contributed by atoms with E-state index in [1.807, 2.05) is 44.2 Å². The molecule has 1 aromatic carbocycles. The second-order valence-corrected chi connectivity index (χ2v) is 4.85. The fraction of sp³-hybridized carbons (Fsp3) is 0.429. The maximum absolute atomic E-state index is 11.4. The minimum atomic E-state index is -0.423. The largest absolute Gasteiger partial charge is 0.497 e.